The Bertz CT molecular complexity index is 625. The Morgan fingerprint density at radius 1 is 1.43 bits per heavy atom. The zero-order chi connectivity index (χ0) is 15.2. The Balaban J connectivity index is 2.09. The lowest BCUT2D eigenvalue weighted by Crippen LogP contribution is -2.24. The highest BCUT2D eigenvalue weighted by atomic mass is 19.1. The third-order valence-electron chi connectivity index (χ3n) is 2.92. The molecule has 2 N–H and O–H groups in total. The second-order valence-corrected chi connectivity index (χ2v) is 4.70. The van der Waals surface area contributed by atoms with Gasteiger partial charge in [0, 0.05) is 12.6 Å². The SMILES string of the molecule is CCCNc1c(F)cccc1C(=O)NCc1cc(C)on1. The second-order valence-electron chi connectivity index (χ2n) is 4.70. The minimum absolute atomic E-state index is 0.230. The van der Waals surface area contributed by atoms with Gasteiger partial charge in [-0.25, -0.2) is 4.39 Å². The monoisotopic (exact) mass is 291 g/mol. The number of rotatable bonds is 6. The molecule has 0 atom stereocenters. The molecule has 21 heavy (non-hydrogen) atoms. The quantitative estimate of drug-likeness (QED) is 0.858. The highest BCUT2D eigenvalue weighted by molar-refractivity contribution is 5.99. The fraction of sp³-hybridized carbons (Fsp3) is 0.333. The van der Waals surface area contributed by atoms with Gasteiger partial charge >= 0.3 is 0 Å². The normalized spacial score (nSPS) is 10.4. The van der Waals surface area contributed by atoms with E-state index in [0.29, 0.717) is 18.0 Å². The molecule has 0 saturated heterocycles. The number of para-hydroxylation sites is 1. The molecule has 0 radical (unpaired) electrons. The zero-order valence-corrected chi connectivity index (χ0v) is 12.1. The molecule has 0 aliphatic rings. The van der Waals surface area contributed by atoms with Crippen LogP contribution in [0.2, 0.25) is 0 Å². The summed E-state index contributed by atoms with van der Waals surface area (Å²) in [7, 11) is 0. The van der Waals surface area contributed by atoms with E-state index in [0.717, 1.165) is 6.42 Å². The highest BCUT2D eigenvalue weighted by Gasteiger charge is 2.15. The van der Waals surface area contributed by atoms with Crippen molar-refractivity contribution in [3.63, 3.8) is 0 Å². The molecule has 5 nitrogen and oxygen atoms in total. The zero-order valence-electron chi connectivity index (χ0n) is 12.1. The third kappa shape index (κ3) is 3.81. The first-order valence-corrected chi connectivity index (χ1v) is 6.84. The number of hydrogen-bond acceptors (Lipinski definition) is 4. The molecule has 1 aromatic carbocycles. The largest absolute Gasteiger partial charge is 0.382 e. The molecule has 2 aromatic rings. The topological polar surface area (TPSA) is 67.2 Å². The predicted octanol–water partition coefficient (Wildman–Crippen LogP) is 2.87. The van der Waals surface area contributed by atoms with Gasteiger partial charge < -0.3 is 15.2 Å². The van der Waals surface area contributed by atoms with E-state index < -0.39 is 5.82 Å². The summed E-state index contributed by atoms with van der Waals surface area (Å²) in [6, 6.07) is 6.17. The van der Waals surface area contributed by atoms with Crippen molar-refractivity contribution >= 4 is 11.6 Å². The number of nitrogens with zero attached hydrogens (tertiary/aromatic N) is 1. The third-order valence-corrected chi connectivity index (χ3v) is 2.92. The Labute approximate surface area is 122 Å². The van der Waals surface area contributed by atoms with Crippen molar-refractivity contribution in [2.75, 3.05) is 11.9 Å². The van der Waals surface area contributed by atoms with Crippen LogP contribution in [0.5, 0.6) is 0 Å². The van der Waals surface area contributed by atoms with Gasteiger partial charge in [-0.1, -0.05) is 18.1 Å². The van der Waals surface area contributed by atoms with Crippen molar-refractivity contribution in [3.05, 3.63) is 47.1 Å². The molecule has 1 amide bonds. The maximum atomic E-state index is 13.8. The van der Waals surface area contributed by atoms with Gasteiger partial charge in [-0.2, -0.15) is 0 Å². The van der Waals surface area contributed by atoms with Crippen LogP contribution in [-0.2, 0) is 6.54 Å². The van der Waals surface area contributed by atoms with Gasteiger partial charge in [-0.05, 0) is 25.5 Å². The van der Waals surface area contributed by atoms with E-state index in [1.165, 1.54) is 12.1 Å². The minimum atomic E-state index is -0.437. The number of aryl methyl sites for hydroxylation is 1. The van der Waals surface area contributed by atoms with E-state index in [2.05, 4.69) is 15.8 Å². The van der Waals surface area contributed by atoms with Gasteiger partial charge in [0.1, 0.15) is 17.3 Å². The molecule has 1 aromatic heterocycles. The fourth-order valence-electron chi connectivity index (χ4n) is 1.91. The average molecular weight is 291 g/mol. The van der Waals surface area contributed by atoms with Crippen LogP contribution in [0, 0.1) is 12.7 Å². The molecule has 0 aliphatic carbocycles. The summed E-state index contributed by atoms with van der Waals surface area (Å²) in [5, 5.41) is 9.44. The number of carbonyl (C=O) groups excluding carboxylic acids is 1. The van der Waals surface area contributed by atoms with Crippen molar-refractivity contribution in [1.29, 1.82) is 0 Å². The van der Waals surface area contributed by atoms with E-state index in [1.54, 1.807) is 19.1 Å². The molecule has 112 valence electrons. The van der Waals surface area contributed by atoms with Crippen LogP contribution in [0.25, 0.3) is 0 Å². The van der Waals surface area contributed by atoms with E-state index in [-0.39, 0.29) is 23.7 Å². The van der Waals surface area contributed by atoms with Crippen molar-refractivity contribution in [3.8, 4) is 0 Å². The van der Waals surface area contributed by atoms with E-state index in [4.69, 9.17) is 4.52 Å². The van der Waals surface area contributed by atoms with Crippen LogP contribution >= 0.6 is 0 Å². The summed E-state index contributed by atoms with van der Waals surface area (Å²) in [5.41, 5.74) is 1.14. The van der Waals surface area contributed by atoms with Crippen molar-refractivity contribution in [1.82, 2.24) is 10.5 Å². The number of amides is 1. The molecular formula is C15H18FN3O2. The van der Waals surface area contributed by atoms with Gasteiger partial charge in [0.2, 0.25) is 0 Å². The summed E-state index contributed by atoms with van der Waals surface area (Å²) < 4.78 is 18.8. The summed E-state index contributed by atoms with van der Waals surface area (Å²) in [6.45, 7) is 4.59. The lowest BCUT2D eigenvalue weighted by atomic mass is 10.1. The molecule has 0 spiro atoms. The van der Waals surface area contributed by atoms with Crippen molar-refractivity contribution in [2.45, 2.75) is 26.8 Å². The van der Waals surface area contributed by atoms with Crippen LogP contribution < -0.4 is 10.6 Å². The molecule has 2 rings (SSSR count). The molecule has 0 aliphatic heterocycles. The Morgan fingerprint density at radius 2 is 2.24 bits per heavy atom. The van der Waals surface area contributed by atoms with Crippen LogP contribution in [0.4, 0.5) is 10.1 Å². The molecule has 0 bridgehead atoms. The van der Waals surface area contributed by atoms with Gasteiger partial charge in [0.15, 0.2) is 0 Å². The minimum Gasteiger partial charge on any atom is -0.382 e. The number of hydrogen-bond donors (Lipinski definition) is 2. The standard InChI is InChI=1S/C15H18FN3O2/c1-3-7-17-14-12(5-4-6-13(14)16)15(20)18-9-11-8-10(2)21-19-11/h4-6,8,17H,3,7,9H2,1-2H3,(H,18,20). The molecule has 0 fully saturated rings. The first-order valence-electron chi connectivity index (χ1n) is 6.84. The molecule has 0 unspecified atom stereocenters. The lowest BCUT2D eigenvalue weighted by molar-refractivity contribution is 0.0950. The van der Waals surface area contributed by atoms with Gasteiger partial charge in [-0.15, -0.1) is 0 Å². The van der Waals surface area contributed by atoms with Crippen molar-refractivity contribution < 1.29 is 13.7 Å². The number of nitrogens with one attached hydrogen (secondary N) is 2. The number of anilines is 1. The predicted molar refractivity (Wildman–Crippen MR) is 77.6 cm³/mol. The smallest absolute Gasteiger partial charge is 0.253 e. The number of benzene rings is 1. The van der Waals surface area contributed by atoms with E-state index in [9.17, 15) is 9.18 Å². The van der Waals surface area contributed by atoms with Gasteiger partial charge in [0.05, 0.1) is 17.8 Å². The number of aromatic nitrogens is 1. The van der Waals surface area contributed by atoms with Crippen LogP contribution in [0.3, 0.4) is 0 Å². The summed E-state index contributed by atoms with van der Waals surface area (Å²) in [5.74, 6) is -0.113. The first kappa shape index (κ1) is 15.0. The number of halogens is 1. The maximum Gasteiger partial charge on any atom is 0.253 e. The molecule has 6 heteroatoms. The highest BCUT2D eigenvalue weighted by Crippen LogP contribution is 2.20. The number of carbonyl (C=O) groups is 1. The fourth-order valence-corrected chi connectivity index (χ4v) is 1.91. The lowest BCUT2D eigenvalue weighted by Gasteiger charge is -2.12. The molecule has 1 heterocycles. The Kier molecular flexibility index (Phi) is 4.92. The van der Waals surface area contributed by atoms with Crippen LogP contribution in [-0.4, -0.2) is 17.6 Å². The second kappa shape index (κ2) is 6.88. The van der Waals surface area contributed by atoms with E-state index >= 15 is 0 Å². The van der Waals surface area contributed by atoms with Gasteiger partial charge in [-0.3, -0.25) is 4.79 Å². The summed E-state index contributed by atoms with van der Waals surface area (Å²) >= 11 is 0. The molecule has 0 saturated carbocycles. The first-order chi connectivity index (χ1) is 10.1. The van der Waals surface area contributed by atoms with Crippen molar-refractivity contribution in [2.24, 2.45) is 0 Å². The maximum absolute atomic E-state index is 13.8. The van der Waals surface area contributed by atoms with Gasteiger partial charge in [0.25, 0.3) is 5.91 Å². The summed E-state index contributed by atoms with van der Waals surface area (Å²) in [4.78, 5) is 12.2. The van der Waals surface area contributed by atoms with E-state index in [1.807, 2.05) is 6.92 Å². The molecular weight excluding hydrogens is 273 g/mol. The Hall–Kier alpha value is -2.37. The van der Waals surface area contributed by atoms with Crippen LogP contribution in [0.15, 0.2) is 28.8 Å². The summed E-state index contributed by atoms with van der Waals surface area (Å²) in [6.07, 6.45) is 0.841. The average Bonchev–Trinajstić information content (AvgIpc) is 2.89. The Morgan fingerprint density at radius 3 is 2.90 bits per heavy atom. The van der Waals surface area contributed by atoms with Crippen LogP contribution in [0.1, 0.15) is 35.2 Å².